The number of esters is 1. The van der Waals surface area contributed by atoms with Crippen LogP contribution in [0.3, 0.4) is 0 Å². The van der Waals surface area contributed by atoms with Crippen LogP contribution in [0, 0.1) is 0 Å². The lowest BCUT2D eigenvalue weighted by molar-refractivity contribution is -0.139. The molecule has 0 fully saturated rings. The summed E-state index contributed by atoms with van der Waals surface area (Å²) in [6, 6.07) is 14.5. The van der Waals surface area contributed by atoms with E-state index >= 15 is 0 Å². The van der Waals surface area contributed by atoms with E-state index in [2.05, 4.69) is 15.3 Å². The third-order valence-electron chi connectivity index (χ3n) is 5.13. The first-order valence-corrected chi connectivity index (χ1v) is 12.5. The first-order chi connectivity index (χ1) is 16.1. The summed E-state index contributed by atoms with van der Waals surface area (Å²) in [5, 5.41) is 5.55. The largest absolute Gasteiger partial charge is 0.463 e. The van der Waals surface area contributed by atoms with Crippen LogP contribution in [0.5, 0.6) is 0 Å². The van der Waals surface area contributed by atoms with Gasteiger partial charge in [0.05, 0.1) is 28.8 Å². The van der Waals surface area contributed by atoms with Crippen molar-refractivity contribution in [1.82, 2.24) is 20.2 Å². The Balaban J connectivity index is 1.71. The van der Waals surface area contributed by atoms with Crippen molar-refractivity contribution in [2.75, 3.05) is 18.9 Å². The van der Waals surface area contributed by atoms with Crippen LogP contribution >= 0.6 is 23.1 Å². The minimum atomic E-state index is -0.588. The van der Waals surface area contributed by atoms with Gasteiger partial charge in [0.15, 0.2) is 5.16 Å². The number of amides is 2. The molecule has 0 aliphatic carbocycles. The van der Waals surface area contributed by atoms with E-state index in [-0.39, 0.29) is 12.6 Å². The molecule has 33 heavy (non-hydrogen) atoms. The number of thioether (sulfide) groups is 1. The zero-order chi connectivity index (χ0) is 23.2. The second kappa shape index (κ2) is 10.6. The number of thiophene rings is 1. The van der Waals surface area contributed by atoms with Crippen molar-refractivity contribution in [3.05, 3.63) is 76.9 Å². The Hall–Kier alpha value is -3.17. The molecule has 0 saturated carbocycles. The third kappa shape index (κ3) is 5.09. The molecular weight excluding hydrogens is 456 g/mol. The van der Waals surface area contributed by atoms with Crippen molar-refractivity contribution in [1.29, 1.82) is 0 Å². The quantitative estimate of drug-likeness (QED) is 0.280. The zero-order valence-electron chi connectivity index (χ0n) is 18.4. The van der Waals surface area contributed by atoms with Gasteiger partial charge in [-0.2, -0.15) is 0 Å². The fourth-order valence-electron chi connectivity index (χ4n) is 3.64. The average molecular weight is 481 g/mol. The highest BCUT2D eigenvalue weighted by molar-refractivity contribution is 7.99. The first kappa shape index (κ1) is 23.0. The summed E-state index contributed by atoms with van der Waals surface area (Å²) in [4.78, 5) is 37.7. The molecule has 0 radical (unpaired) electrons. The van der Waals surface area contributed by atoms with Gasteiger partial charge in [0.1, 0.15) is 0 Å². The number of carbonyl (C=O) groups is 2. The Labute approximate surface area is 200 Å². The molecule has 9 heteroatoms. The second-order valence-corrected chi connectivity index (χ2v) is 9.00. The number of rotatable bonds is 8. The lowest BCUT2D eigenvalue weighted by Gasteiger charge is -2.36. The summed E-state index contributed by atoms with van der Waals surface area (Å²) in [5.41, 5.74) is 2.72. The number of ether oxygens (including phenoxy) is 1. The summed E-state index contributed by atoms with van der Waals surface area (Å²) in [6.45, 7) is 4.32. The molecule has 1 unspecified atom stereocenters. The predicted octanol–water partition coefficient (Wildman–Crippen LogP) is 4.90. The monoisotopic (exact) mass is 480 g/mol. The number of nitrogens with zero attached hydrogens (tertiary/aromatic N) is 3. The number of benzene rings is 1. The molecule has 2 aromatic heterocycles. The molecule has 1 aliphatic heterocycles. The fraction of sp³-hybridized carbons (Fsp3) is 0.250. The van der Waals surface area contributed by atoms with Crippen molar-refractivity contribution >= 4 is 35.1 Å². The fourth-order valence-corrected chi connectivity index (χ4v) is 5.21. The van der Waals surface area contributed by atoms with Crippen molar-refractivity contribution < 1.29 is 14.3 Å². The van der Waals surface area contributed by atoms with Crippen LogP contribution in [0.15, 0.2) is 76.5 Å². The summed E-state index contributed by atoms with van der Waals surface area (Å²) in [6.07, 6.45) is 1.73. The maximum Gasteiger partial charge on any atom is 0.338 e. The molecule has 2 amide bonds. The number of hydrogen-bond acceptors (Lipinski definition) is 7. The van der Waals surface area contributed by atoms with Gasteiger partial charge in [0.25, 0.3) is 0 Å². The van der Waals surface area contributed by atoms with Crippen LogP contribution in [0.4, 0.5) is 4.79 Å². The lowest BCUT2D eigenvalue weighted by atomic mass is 9.95. The Kier molecular flexibility index (Phi) is 7.41. The lowest BCUT2D eigenvalue weighted by Crippen LogP contribution is -2.49. The molecule has 1 aromatic carbocycles. The molecule has 0 bridgehead atoms. The van der Waals surface area contributed by atoms with Crippen LogP contribution in [0.25, 0.3) is 10.6 Å². The van der Waals surface area contributed by atoms with Crippen LogP contribution in [-0.2, 0) is 9.53 Å². The van der Waals surface area contributed by atoms with Crippen molar-refractivity contribution in [2.45, 2.75) is 25.0 Å². The molecule has 3 heterocycles. The highest BCUT2D eigenvalue weighted by Gasteiger charge is 2.37. The van der Waals surface area contributed by atoms with Gasteiger partial charge in [0.2, 0.25) is 0 Å². The summed E-state index contributed by atoms with van der Waals surface area (Å²) < 4.78 is 5.40. The Morgan fingerprint density at radius 2 is 2.00 bits per heavy atom. The first-order valence-electron chi connectivity index (χ1n) is 10.6. The van der Waals surface area contributed by atoms with Crippen LogP contribution < -0.4 is 5.32 Å². The van der Waals surface area contributed by atoms with Gasteiger partial charge < -0.3 is 10.1 Å². The number of urea groups is 1. The molecule has 0 saturated heterocycles. The van der Waals surface area contributed by atoms with Gasteiger partial charge in [0, 0.05) is 24.2 Å². The van der Waals surface area contributed by atoms with E-state index in [1.165, 1.54) is 11.8 Å². The van der Waals surface area contributed by atoms with Crippen molar-refractivity contribution in [2.24, 2.45) is 0 Å². The van der Waals surface area contributed by atoms with Gasteiger partial charge in [-0.15, -0.1) is 11.3 Å². The number of aromatic nitrogens is 2. The van der Waals surface area contributed by atoms with Gasteiger partial charge in [-0.1, -0.05) is 48.2 Å². The number of hydrogen-bond donors (Lipinski definition) is 1. The second-order valence-electron chi connectivity index (χ2n) is 7.11. The highest BCUT2D eigenvalue weighted by Crippen LogP contribution is 2.34. The molecular formula is C24H24N4O3S2. The van der Waals surface area contributed by atoms with E-state index in [1.807, 2.05) is 60.8 Å². The minimum Gasteiger partial charge on any atom is -0.463 e. The summed E-state index contributed by atoms with van der Waals surface area (Å²) in [7, 11) is 0. The molecule has 1 atom stereocenters. The summed E-state index contributed by atoms with van der Waals surface area (Å²) >= 11 is 3.00. The molecule has 1 aliphatic rings. The SMILES string of the molecule is CCOC(=O)C1=C(CSc2nccc(-c3cccs3)n2)N(CC)C(=O)NC1c1ccccc1. The third-order valence-corrected chi connectivity index (χ3v) is 6.89. The number of carbonyl (C=O) groups excluding carboxylic acids is 2. The maximum atomic E-state index is 13.1. The molecule has 170 valence electrons. The topological polar surface area (TPSA) is 84.4 Å². The Bertz CT molecular complexity index is 1150. The van der Waals surface area contributed by atoms with Crippen LogP contribution in [-0.4, -0.2) is 45.8 Å². The van der Waals surface area contributed by atoms with Crippen molar-refractivity contribution in [3.63, 3.8) is 0 Å². The molecule has 1 N–H and O–H groups in total. The smallest absolute Gasteiger partial charge is 0.338 e. The molecule has 7 nitrogen and oxygen atoms in total. The van der Waals surface area contributed by atoms with E-state index in [1.54, 1.807) is 29.4 Å². The van der Waals surface area contributed by atoms with E-state index in [0.29, 0.717) is 28.7 Å². The van der Waals surface area contributed by atoms with Gasteiger partial charge in [-0.25, -0.2) is 19.6 Å². The van der Waals surface area contributed by atoms with Gasteiger partial charge in [-0.05, 0) is 36.9 Å². The Morgan fingerprint density at radius 3 is 2.70 bits per heavy atom. The average Bonchev–Trinajstić information content (AvgIpc) is 3.38. The van der Waals surface area contributed by atoms with Crippen LogP contribution in [0.1, 0.15) is 25.5 Å². The van der Waals surface area contributed by atoms with E-state index in [9.17, 15) is 9.59 Å². The van der Waals surface area contributed by atoms with E-state index in [0.717, 1.165) is 16.1 Å². The zero-order valence-corrected chi connectivity index (χ0v) is 20.0. The minimum absolute atomic E-state index is 0.246. The normalized spacial score (nSPS) is 16.0. The highest BCUT2D eigenvalue weighted by atomic mass is 32.2. The van der Waals surface area contributed by atoms with E-state index < -0.39 is 12.0 Å². The standard InChI is InChI=1S/C24H24N4O3S2/c1-3-28-18(15-33-23-25-13-12-17(26-23)19-11-8-14-32-19)20(22(29)31-4-2)21(27-24(28)30)16-9-6-5-7-10-16/h5-14,21H,3-4,15H2,1-2H3,(H,27,30). The Morgan fingerprint density at radius 1 is 1.18 bits per heavy atom. The predicted molar refractivity (Wildman–Crippen MR) is 130 cm³/mol. The summed E-state index contributed by atoms with van der Waals surface area (Å²) in [5.74, 6) is -0.0826. The molecule has 0 spiro atoms. The van der Waals surface area contributed by atoms with Gasteiger partial charge in [-0.3, -0.25) is 4.90 Å². The number of nitrogens with one attached hydrogen (secondary N) is 1. The molecule has 3 aromatic rings. The van der Waals surface area contributed by atoms with Crippen molar-refractivity contribution in [3.8, 4) is 10.6 Å². The van der Waals surface area contributed by atoms with Gasteiger partial charge >= 0.3 is 12.0 Å². The van der Waals surface area contributed by atoms with Crippen LogP contribution in [0.2, 0.25) is 0 Å². The van der Waals surface area contributed by atoms with E-state index in [4.69, 9.17) is 4.74 Å². The molecule has 4 rings (SSSR count). The maximum absolute atomic E-state index is 13.1.